The number of amides is 2. The Morgan fingerprint density at radius 1 is 1.00 bits per heavy atom. The summed E-state index contributed by atoms with van der Waals surface area (Å²) in [5.74, 6) is -0.217. The number of hydrogen-bond acceptors (Lipinski definition) is 3. The number of ether oxygens (including phenoxy) is 1. The van der Waals surface area contributed by atoms with Gasteiger partial charge in [0.15, 0.2) is 0 Å². The van der Waals surface area contributed by atoms with Crippen LogP contribution in [0.5, 0.6) is 0 Å². The van der Waals surface area contributed by atoms with Gasteiger partial charge in [0, 0.05) is 28.3 Å². The molecule has 1 aliphatic heterocycles. The summed E-state index contributed by atoms with van der Waals surface area (Å²) >= 11 is 12.2. The zero-order valence-corrected chi connectivity index (χ0v) is 18.3. The van der Waals surface area contributed by atoms with E-state index in [2.05, 4.69) is 0 Å². The van der Waals surface area contributed by atoms with Gasteiger partial charge in [-0.2, -0.15) is 0 Å². The number of rotatable bonds is 3. The Bertz CT molecular complexity index is 1100. The quantitative estimate of drug-likeness (QED) is 0.509. The number of carbonyl (C=O) groups excluding carboxylic acids is 2. The van der Waals surface area contributed by atoms with E-state index in [1.165, 1.54) is 4.90 Å². The van der Waals surface area contributed by atoms with Crippen LogP contribution in [-0.4, -0.2) is 30.5 Å². The van der Waals surface area contributed by atoms with E-state index in [4.69, 9.17) is 27.9 Å². The molecule has 0 bridgehead atoms. The molecule has 0 radical (unpaired) electrons. The molecule has 0 fully saturated rings. The fourth-order valence-electron chi connectivity index (χ4n) is 3.67. The average molecular weight is 455 g/mol. The molecule has 0 N–H and O–H groups in total. The van der Waals surface area contributed by atoms with Crippen molar-refractivity contribution in [2.24, 2.45) is 0 Å². The molecule has 0 spiro atoms. The molecule has 1 unspecified atom stereocenters. The third kappa shape index (κ3) is 4.53. The molecule has 1 heterocycles. The van der Waals surface area contributed by atoms with Gasteiger partial charge in [-0.05, 0) is 41.5 Å². The molecule has 1 aliphatic rings. The Balaban J connectivity index is 1.72. The number of fused-ring (bicyclic) bond motifs is 1. The van der Waals surface area contributed by atoms with Gasteiger partial charge in [-0.3, -0.25) is 9.69 Å². The summed E-state index contributed by atoms with van der Waals surface area (Å²) in [6.45, 7) is -0.0533. The smallest absolute Gasteiger partial charge is 0.411 e. The highest BCUT2D eigenvalue weighted by Gasteiger charge is 2.36. The number of likely N-dealkylation sites (N-methyl/N-ethyl adjacent to an activating group) is 1. The first-order chi connectivity index (χ1) is 14.9. The van der Waals surface area contributed by atoms with Crippen LogP contribution in [0.3, 0.4) is 0 Å². The van der Waals surface area contributed by atoms with Crippen LogP contribution in [0.1, 0.15) is 22.7 Å². The second-order valence-electron chi connectivity index (χ2n) is 7.28. The maximum atomic E-state index is 13.2. The molecule has 3 aromatic rings. The van der Waals surface area contributed by atoms with E-state index in [9.17, 15) is 9.59 Å². The number of halogens is 2. The van der Waals surface area contributed by atoms with Crippen molar-refractivity contribution in [3.05, 3.63) is 99.5 Å². The van der Waals surface area contributed by atoms with Gasteiger partial charge in [-0.15, -0.1) is 0 Å². The highest BCUT2D eigenvalue weighted by Crippen LogP contribution is 2.39. The molecule has 3 aromatic carbocycles. The van der Waals surface area contributed by atoms with Gasteiger partial charge in [-0.1, -0.05) is 65.7 Å². The first-order valence-electron chi connectivity index (χ1n) is 9.73. The maximum Gasteiger partial charge on any atom is 0.411 e. The maximum absolute atomic E-state index is 13.2. The lowest BCUT2D eigenvalue weighted by molar-refractivity contribution is -0.119. The number of benzene rings is 3. The minimum Gasteiger partial charge on any atom is -0.445 e. The Kier molecular flexibility index (Phi) is 6.16. The van der Waals surface area contributed by atoms with Gasteiger partial charge < -0.3 is 9.64 Å². The number of nitrogens with zero attached hydrogens (tertiary/aromatic N) is 2. The lowest BCUT2D eigenvalue weighted by Gasteiger charge is -2.29. The fourth-order valence-corrected chi connectivity index (χ4v) is 3.98. The predicted octanol–water partition coefficient (Wildman–Crippen LogP) is 5.70. The van der Waals surface area contributed by atoms with Crippen LogP contribution in [0, 0.1) is 0 Å². The second kappa shape index (κ2) is 9.00. The van der Waals surface area contributed by atoms with Crippen LogP contribution >= 0.6 is 23.2 Å². The molecule has 31 heavy (non-hydrogen) atoms. The predicted molar refractivity (Wildman–Crippen MR) is 121 cm³/mol. The third-order valence-corrected chi connectivity index (χ3v) is 5.75. The van der Waals surface area contributed by atoms with Gasteiger partial charge in [0.2, 0.25) is 5.91 Å². The zero-order valence-electron chi connectivity index (χ0n) is 16.8. The van der Waals surface area contributed by atoms with E-state index < -0.39 is 12.1 Å². The van der Waals surface area contributed by atoms with Gasteiger partial charge in [0.1, 0.15) is 13.2 Å². The summed E-state index contributed by atoms with van der Waals surface area (Å²) in [7, 11) is 1.69. The van der Waals surface area contributed by atoms with Gasteiger partial charge in [0.25, 0.3) is 0 Å². The van der Waals surface area contributed by atoms with Crippen LogP contribution in [0.15, 0.2) is 72.8 Å². The minimum atomic E-state index is -0.585. The molecule has 158 valence electrons. The SMILES string of the molecule is CN1C(=O)CN(C(=O)OCc2ccc(Cl)cc2)C(c2ccccc2)c2cc(Cl)ccc21. The molecule has 0 saturated heterocycles. The second-order valence-corrected chi connectivity index (χ2v) is 8.15. The van der Waals surface area contributed by atoms with Crippen LogP contribution in [0.25, 0.3) is 0 Å². The highest BCUT2D eigenvalue weighted by molar-refractivity contribution is 6.31. The average Bonchev–Trinajstić information content (AvgIpc) is 2.88. The van der Waals surface area contributed by atoms with Crippen molar-refractivity contribution < 1.29 is 14.3 Å². The summed E-state index contributed by atoms with van der Waals surface area (Å²) in [4.78, 5) is 29.1. The number of hydrogen-bond donors (Lipinski definition) is 0. The topological polar surface area (TPSA) is 49.9 Å². The van der Waals surface area contributed by atoms with Crippen LogP contribution in [0.2, 0.25) is 10.0 Å². The molecular weight excluding hydrogens is 435 g/mol. The van der Waals surface area contributed by atoms with E-state index in [1.54, 1.807) is 54.4 Å². The summed E-state index contributed by atoms with van der Waals surface area (Å²) < 4.78 is 5.58. The van der Waals surface area contributed by atoms with Crippen LogP contribution < -0.4 is 4.90 Å². The van der Waals surface area contributed by atoms with Crippen molar-refractivity contribution in [2.75, 3.05) is 18.5 Å². The van der Waals surface area contributed by atoms with E-state index in [-0.39, 0.29) is 19.1 Å². The molecule has 0 saturated carbocycles. The van der Waals surface area contributed by atoms with Crippen LogP contribution in [0.4, 0.5) is 10.5 Å². The van der Waals surface area contributed by atoms with Crippen molar-refractivity contribution in [1.29, 1.82) is 0 Å². The lowest BCUT2D eigenvalue weighted by Crippen LogP contribution is -2.41. The largest absolute Gasteiger partial charge is 0.445 e. The summed E-state index contributed by atoms with van der Waals surface area (Å²) in [5, 5.41) is 1.13. The van der Waals surface area contributed by atoms with Crippen LogP contribution in [-0.2, 0) is 16.1 Å². The van der Waals surface area contributed by atoms with Crippen molar-refractivity contribution in [3.63, 3.8) is 0 Å². The Morgan fingerprint density at radius 3 is 2.39 bits per heavy atom. The van der Waals surface area contributed by atoms with E-state index >= 15 is 0 Å². The first-order valence-corrected chi connectivity index (χ1v) is 10.5. The van der Waals surface area contributed by atoms with Gasteiger partial charge >= 0.3 is 6.09 Å². The van der Waals surface area contributed by atoms with Gasteiger partial charge in [-0.25, -0.2) is 4.79 Å². The first kappa shape index (κ1) is 21.2. The van der Waals surface area contributed by atoms with E-state index in [0.717, 1.165) is 16.7 Å². The molecule has 5 nitrogen and oxygen atoms in total. The fraction of sp³-hybridized carbons (Fsp3) is 0.167. The zero-order chi connectivity index (χ0) is 22.0. The highest BCUT2D eigenvalue weighted by atomic mass is 35.5. The third-order valence-electron chi connectivity index (χ3n) is 5.26. The van der Waals surface area contributed by atoms with Gasteiger partial charge in [0.05, 0.1) is 6.04 Å². The van der Waals surface area contributed by atoms with Crippen molar-refractivity contribution in [2.45, 2.75) is 12.6 Å². The lowest BCUT2D eigenvalue weighted by atomic mass is 9.96. The molecule has 4 rings (SSSR count). The molecule has 7 heteroatoms. The Morgan fingerprint density at radius 2 is 1.68 bits per heavy atom. The summed E-state index contributed by atoms with van der Waals surface area (Å²) in [6, 6.07) is 21.4. The van der Waals surface area contributed by atoms with Crippen molar-refractivity contribution in [3.8, 4) is 0 Å². The normalized spacial score (nSPS) is 16.0. The Hall–Kier alpha value is -3.02. The molecule has 1 atom stereocenters. The number of anilines is 1. The number of carbonyl (C=O) groups is 2. The molecular formula is C24H20Cl2N2O3. The van der Waals surface area contributed by atoms with E-state index in [0.29, 0.717) is 15.7 Å². The standard InChI is InChI=1S/C24H20Cl2N2O3/c1-27-21-12-11-19(26)13-20(21)23(17-5-3-2-4-6-17)28(14-22(27)29)24(30)31-15-16-7-9-18(25)10-8-16/h2-13,23H,14-15H2,1H3. The molecule has 0 aromatic heterocycles. The van der Waals surface area contributed by atoms with Crippen molar-refractivity contribution >= 4 is 40.9 Å². The Labute approximate surface area is 190 Å². The molecule has 2 amide bonds. The molecule has 0 aliphatic carbocycles. The minimum absolute atomic E-state index is 0.0699. The monoisotopic (exact) mass is 454 g/mol. The van der Waals surface area contributed by atoms with E-state index in [1.807, 2.05) is 30.3 Å². The summed E-state index contributed by atoms with van der Waals surface area (Å²) in [6.07, 6.45) is -0.585. The summed E-state index contributed by atoms with van der Waals surface area (Å²) in [5.41, 5.74) is 3.13. The van der Waals surface area contributed by atoms with Crippen molar-refractivity contribution in [1.82, 2.24) is 4.90 Å².